The molecule has 2 amide bonds. The standard InChI is InChI=1S/C15H10ClNO2/c1-17-14(18)11-7-10(9-5-3-2-4-6-9)8-12(16)13(11)15(17)19/h2-8H,1H3. The molecule has 19 heavy (non-hydrogen) atoms. The minimum atomic E-state index is -0.343. The van der Waals surface area contributed by atoms with Crippen LogP contribution >= 0.6 is 11.6 Å². The van der Waals surface area contributed by atoms with Crippen molar-refractivity contribution >= 4 is 23.4 Å². The lowest BCUT2D eigenvalue weighted by Crippen LogP contribution is -2.24. The number of hydrogen-bond acceptors (Lipinski definition) is 2. The highest BCUT2D eigenvalue weighted by atomic mass is 35.5. The van der Waals surface area contributed by atoms with E-state index in [1.165, 1.54) is 7.05 Å². The van der Waals surface area contributed by atoms with Gasteiger partial charge in [0.25, 0.3) is 11.8 Å². The third-order valence-corrected chi connectivity index (χ3v) is 3.55. The van der Waals surface area contributed by atoms with E-state index in [4.69, 9.17) is 11.6 Å². The van der Waals surface area contributed by atoms with Crippen molar-refractivity contribution in [2.45, 2.75) is 0 Å². The van der Waals surface area contributed by atoms with Crippen LogP contribution in [0.3, 0.4) is 0 Å². The van der Waals surface area contributed by atoms with Crippen LogP contribution in [0.1, 0.15) is 20.7 Å². The number of hydrogen-bond donors (Lipinski definition) is 0. The molecule has 2 aromatic rings. The number of rotatable bonds is 1. The molecule has 0 aliphatic carbocycles. The largest absolute Gasteiger partial charge is 0.277 e. The molecule has 3 nitrogen and oxygen atoms in total. The zero-order chi connectivity index (χ0) is 13.6. The van der Waals surface area contributed by atoms with E-state index in [9.17, 15) is 9.59 Å². The van der Waals surface area contributed by atoms with Crippen LogP contribution in [0.15, 0.2) is 42.5 Å². The lowest BCUT2D eigenvalue weighted by atomic mass is 10.00. The van der Waals surface area contributed by atoms with Gasteiger partial charge < -0.3 is 0 Å². The van der Waals surface area contributed by atoms with Crippen LogP contribution in [0.2, 0.25) is 5.02 Å². The average molecular weight is 272 g/mol. The van der Waals surface area contributed by atoms with Crippen molar-refractivity contribution in [3.63, 3.8) is 0 Å². The van der Waals surface area contributed by atoms with E-state index in [0.717, 1.165) is 16.0 Å². The maximum absolute atomic E-state index is 12.0. The molecule has 0 atom stereocenters. The highest BCUT2D eigenvalue weighted by Crippen LogP contribution is 2.33. The van der Waals surface area contributed by atoms with Crippen LogP contribution in [-0.2, 0) is 0 Å². The van der Waals surface area contributed by atoms with Crippen LogP contribution in [-0.4, -0.2) is 23.8 Å². The second-order valence-electron chi connectivity index (χ2n) is 4.42. The summed E-state index contributed by atoms with van der Waals surface area (Å²) in [5, 5.41) is 0.319. The molecule has 0 radical (unpaired) electrons. The van der Waals surface area contributed by atoms with Gasteiger partial charge >= 0.3 is 0 Å². The minimum Gasteiger partial charge on any atom is -0.277 e. The summed E-state index contributed by atoms with van der Waals surface area (Å²) < 4.78 is 0. The monoisotopic (exact) mass is 271 g/mol. The molecule has 0 unspecified atom stereocenters. The molecule has 0 N–H and O–H groups in total. The van der Waals surface area contributed by atoms with Gasteiger partial charge in [-0.3, -0.25) is 14.5 Å². The molecule has 4 heteroatoms. The van der Waals surface area contributed by atoms with E-state index in [-0.39, 0.29) is 11.8 Å². The molecule has 1 aliphatic rings. The smallest absolute Gasteiger partial charge is 0.262 e. The summed E-state index contributed by atoms with van der Waals surface area (Å²) >= 11 is 6.15. The molecule has 1 aliphatic heterocycles. The lowest BCUT2D eigenvalue weighted by molar-refractivity contribution is 0.0693. The van der Waals surface area contributed by atoms with Gasteiger partial charge in [-0.05, 0) is 23.3 Å². The summed E-state index contributed by atoms with van der Waals surface area (Å²) in [6, 6.07) is 13.1. The van der Waals surface area contributed by atoms with Gasteiger partial charge in [0.15, 0.2) is 0 Å². The van der Waals surface area contributed by atoms with E-state index in [0.29, 0.717) is 16.1 Å². The fourth-order valence-electron chi connectivity index (χ4n) is 2.23. The lowest BCUT2D eigenvalue weighted by Gasteiger charge is -2.05. The molecule has 0 fully saturated rings. The number of carbonyl (C=O) groups excluding carboxylic acids is 2. The van der Waals surface area contributed by atoms with Crippen molar-refractivity contribution in [2.24, 2.45) is 0 Å². The number of benzene rings is 2. The van der Waals surface area contributed by atoms with Gasteiger partial charge in [-0.1, -0.05) is 41.9 Å². The van der Waals surface area contributed by atoms with Gasteiger partial charge in [-0.2, -0.15) is 0 Å². The number of amides is 2. The Morgan fingerprint density at radius 2 is 1.63 bits per heavy atom. The highest BCUT2D eigenvalue weighted by Gasteiger charge is 2.35. The van der Waals surface area contributed by atoms with Gasteiger partial charge in [-0.15, -0.1) is 0 Å². The first-order valence-corrected chi connectivity index (χ1v) is 6.19. The van der Waals surface area contributed by atoms with Crippen molar-refractivity contribution in [3.05, 3.63) is 58.6 Å². The van der Waals surface area contributed by atoms with Crippen LogP contribution in [0.25, 0.3) is 11.1 Å². The molecule has 3 rings (SSSR count). The summed E-state index contributed by atoms with van der Waals surface area (Å²) in [6.45, 7) is 0. The number of carbonyl (C=O) groups is 2. The zero-order valence-corrected chi connectivity index (χ0v) is 10.9. The van der Waals surface area contributed by atoms with E-state index >= 15 is 0 Å². The zero-order valence-electron chi connectivity index (χ0n) is 10.2. The second kappa shape index (κ2) is 4.21. The van der Waals surface area contributed by atoms with Gasteiger partial charge in [0.2, 0.25) is 0 Å². The minimum absolute atomic E-state index is 0.300. The van der Waals surface area contributed by atoms with Crippen molar-refractivity contribution in [1.82, 2.24) is 4.90 Å². The van der Waals surface area contributed by atoms with E-state index in [1.807, 2.05) is 30.3 Å². The molecule has 0 saturated heterocycles. The third kappa shape index (κ3) is 1.74. The topological polar surface area (TPSA) is 37.4 Å². The Kier molecular flexibility index (Phi) is 2.64. The Labute approximate surface area is 115 Å². The van der Waals surface area contributed by atoms with Gasteiger partial charge in [0, 0.05) is 7.05 Å². The van der Waals surface area contributed by atoms with Crippen molar-refractivity contribution in [3.8, 4) is 11.1 Å². The van der Waals surface area contributed by atoms with E-state index < -0.39 is 0 Å². The number of halogens is 1. The molecule has 0 saturated carbocycles. The Morgan fingerprint density at radius 1 is 0.947 bits per heavy atom. The molecule has 0 spiro atoms. The number of fused-ring (bicyclic) bond motifs is 1. The number of imide groups is 1. The molecule has 0 aromatic heterocycles. The summed E-state index contributed by atoms with van der Waals surface area (Å²) in [6.07, 6.45) is 0. The SMILES string of the molecule is CN1C(=O)c2cc(-c3ccccc3)cc(Cl)c2C1=O. The fourth-order valence-corrected chi connectivity index (χ4v) is 2.53. The number of nitrogens with zero attached hydrogens (tertiary/aromatic N) is 1. The van der Waals surface area contributed by atoms with Crippen LogP contribution in [0.5, 0.6) is 0 Å². The first kappa shape index (κ1) is 11.9. The van der Waals surface area contributed by atoms with Crippen molar-refractivity contribution < 1.29 is 9.59 Å². The van der Waals surface area contributed by atoms with E-state index in [1.54, 1.807) is 12.1 Å². The Balaban J connectivity index is 2.22. The van der Waals surface area contributed by atoms with Crippen LogP contribution < -0.4 is 0 Å². The predicted octanol–water partition coefficient (Wildman–Crippen LogP) is 3.23. The van der Waals surface area contributed by atoms with Crippen LogP contribution in [0, 0.1) is 0 Å². The average Bonchev–Trinajstić information content (AvgIpc) is 2.65. The fraction of sp³-hybridized carbons (Fsp3) is 0.0667. The molecular formula is C15H10ClNO2. The molecular weight excluding hydrogens is 262 g/mol. The van der Waals surface area contributed by atoms with Crippen LogP contribution in [0.4, 0.5) is 0 Å². The Bertz CT molecular complexity index is 695. The molecule has 0 bridgehead atoms. The Morgan fingerprint density at radius 3 is 2.32 bits per heavy atom. The quantitative estimate of drug-likeness (QED) is 0.747. The maximum Gasteiger partial charge on any atom is 0.262 e. The highest BCUT2D eigenvalue weighted by molar-refractivity contribution is 6.37. The first-order valence-electron chi connectivity index (χ1n) is 5.81. The van der Waals surface area contributed by atoms with Gasteiger partial charge in [0.05, 0.1) is 16.1 Å². The summed E-state index contributed by atoms with van der Waals surface area (Å²) in [4.78, 5) is 25.0. The second-order valence-corrected chi connectivity index (χ2v) is 4.82. The summed E-state index contributed by atoms with van der Waals surface area (Å²) in [5.41, 5.74) is 2.47. The van der Waals surface area contributed by atoms with Crippen molar-refractivity contribution in [2.75, 3.05) is 7.05 Å². The molecule has 1 heterocycles. The Hall–Kier alpha value is -2.13. The molecule has 94 valence electrons. The van der Waals surface area contributed by atoms with E-state index in [2.05, 4.69) is 0 Å². The predicted molar refractivity (Wildman–Crippen MR) is 73.3 cm³/mol. The summed E-state index contributed by atoms with van der Waals surface area (Å²) in [5.74, 6) is -0.649. The summed E-state index contributed by atoms with van der Waals surface area (Å²) in [7, 11) is 1.46. The maximum atomic E-state index is 12.0. The normalized spacial score (nSPS) is 13.9. The third-order valence-electron chi connectivity index (χ3n) is 3.25. The van der Waals surface area contributed by atoms with Gasteiger partial charge in [0.1, 0.15) is 0 Å². The van der Waals surface area contributed by atoms with Gasteiger partial charge in [-0.25, -0.2) is 0 Å². The molecule has 2 aromatic carbocycles. The van der Waals surface area contributed by atoms with Crippen molar-refractivity contribution in [1.29, 1.82) is 0 Å². The first-order chi connectivity index (χ1) is 9.09.